The minimum Gasteiger partial charge on any atom is -0.329 e. The molecule has 0 radical (unpaired) electrons. The third kappa shape index (κ3) is 1.68. The molecule has 1 heterocycles. The van der Waals surface area contributed by atoms with Crippen molar-refractivity contribution in [3.8, 4) is 0 Å². The van der Waals surface area contributed by atoms with Crippen molar-refractivity contribution in [3.05, 3.63) is 11.8 Å². The summed E-state index contributed by atoms with van der Waals surface area (Å²) in [5.74, 6) is 1.13. The van der Waals surface area contributed by atoms with Gasteiger partial charge in [-0.15, -0.1) is 0 Å². The number of amidine groups is 1. The van der Waals surface area contributed by atoms with Gasteiger partial charge in [-0.25, -0.2) is 0 Å². The van der Waals surface area contributed by atoms with Crippen LogP contribution in [0.1, 0.15) is 34.6 Å². The zero-order valence-electron chi connectivity index (χ0n) is 8.68. The SMILES string of the molecule is CC1=CCN=C(C)N1C(C)(C)C. The molecule has 1 aliphatic rings. The van der Waals surface area contributed by atoms with Crippen LogP contribution in [-0.2, 0) is 0 Å². The van der Waals surface area contributed by atoms with Gasteiger partial charge in [0.25, 0.3) is 0 Å². The van der Waals surface area contributed by atoms with Gasteiger partial charge in [-0.3, -0.25) is 4.99 Å². The van der Waals surface area contributed by atoms with Crippen LogP contribution >= 0.6 is 0 Å². The zero-order valence-corrected chi connectivity index (χ0v) is 8.68. The monoisotopic (exact) mass is 166 g/mol. The third-order valence-corrected chi connectivity index (χ3v) is 2.05. The lowest BCUT2D eigenvalue weighted by Crippen LogP contribution is -2.44. The molecule has 0 N–H and O–H groups in total. The van der Waals surface area contributed by atoms with E-state index >= 15 is 0 Å². The number of allylic oxidation sites excluding steroid dienone is 1. The molecule has 0 unspecified atom stereocenters. The molecule has 68 valence electrons. The van der Waals surface area contributed by atoms with E-state index in [1.54, 1.807) is 0 Å². The molecule has 12 heavy (non-hydrogen) atoms. The Kier molecular flexibility index (Phi) is 2.27. The molecule has 0 saturated heterocycles. The van der Waals surface area contributed by atoms with Gasteiger partial charge >= 0.3 is 0 Å². The average Bonchev–Trinajstić information content (AvgIpc) is 1.82. The van der Waals surface area contributed by atoms with Crippen molar-refractivity contribution in [1.82, 2.24) is 4.90 Å². The molecule has 0 fully saturated rings. The Labute approximate surface area is 75.0 Å². The van der Waals surface area contributed by atoms with E-state index in [0.29, 0.717) is 0 Å². The molecule has 1 rings (SSSR count). The molecule has 0 bridgehead atoms. The molecular weight excluding hydrogens is 148 g/mol. The Bertz CT molecular complexity index is 213. The van der Waals surface area contributed by atoms with Crippen LogP contribution < -0.4 is 0 Å². The molecule has 0 amide bonds. The van der Waals surface area contributed by atoms with Crippen molar-refractivity contribution >= 4 is 5.84 Å². The van der Waals surface area contributed by atoms with Gasteiger partial charge in [0, 0.05) is 11.2 Å². The normalized spacial score (nSPS) is 18.9. The van der Waals surface area contributed by atoms with Crippen molar-refractivity contribution in [2.75, 3.05) is 6.54 Å². The van der Waals surface area contributed by atoms with E-state index in [-0.39, 0.29) is 5.54 Å². The van der Waals surface area contributed by atoms with E-state index in [4.69, 9.17) is 0 Å². The fraction of sp³-hybridized carbons (Fsp3) is 0.700. The van der Waals surface area contributed by atoms with Gasteiger partial charge in [-0.05, 0) is 40.7 Å². The van der Waals surface area contributed by atoms with Crippen molar-refractivity contribution in [3.63, 3.8) is 0 Å². The summed E-state index contributed by atoms with van der Waals surface area (Å²) in [6, 6.07) is 0. The summed E-state index contributed by atoms with van der Waals surface area (Å²) < 4.78 is 0. The van der Waals surface area contributed by atoms with Crippen LogP contribution in [-0.4, -0.2) is 22.8 Å². The van der Waals surface area contributed by atoms with Gasteiger partial charge in [0.15, 0.2) is 0 Å². The second-order valence-corrected chi connectivity index (χ2v) is 4.24. The van der Waals surface area contributed by atoms with Crippen LogP contribution in [0.15, 0.2) is 16.8 Å². The molecule has 0 saturated carbocycles. The maximum absolute atomic E-state index is 4.39. The molecule has 2 nitrogen and oxygen atoms in total. The summed E-state index contributed by atoms with van der Waals surface area (Å²) in [4.78, 5) is 6.67. The molecule has 2 heteroatoms. The second kappa shape index (κ2) is 2.92. The molecule has 0 aromatic carbocycles. The van der Waals surface area contributed by atoms with Crippen LogP contribution in [0.4, 0.5) is 0 Å². The predicted octanol–water partition coefficient (Wildman–Crippen LogP) is 2.42. The molecule has 0 aromatic rings. The minimum atomic E-state index is 0.147. The number of rotatable bonds is 0. The maximum atomic E-state index is 4.39. The minimum absolute atomic E-state index is 0.147. The number of hydrogen-bond donors (Lipinski definition) is 0. The van der Waals surface area contributed by atoms with Crippen molar-refractivity contribution < 1.29 is 0 Å². The topological polar surface area (TPSA) is 15.6 Å². The van der Waals surface area contributed by atoms with E-state index in [0.717, 1.165) is 12.4 Å². The lowest BCUT2D eigenvalue weighted by molar-refractivity contribution is 0.284. The summed E-state index contributed by atoms with van der Waals surface area (Å²) in [6.07, 6.45) is 2.16. The van der Waals surface area contributed by atoms with Crippen LogP contribution in [0.5, 0.6) is 0 Å². The van der Waals surface area contributed by atoms with Gasteiger partial charge in [0.1, 0.15) is 5.84 Å². The zero-order chi connectivity index (χ0) is 9.35. The summed E-state index contributed by atoms with van der Waals surface area (Å²) in [5, 5.41) is 0. The lowest BCUT2D eigenvalue weighted by atomic mass is 10.0. The summed E-state index contributed by atoms with van der Waals surface area (Å²) in [6.45, 7) is 11.7. The van der Waals surface area contributed by atoms with Crippen LogP contribution in [0.25, 0.3) is 0 Å². The van der Waals surface area contributed by atoms with Crippen LogP contribution in [0, 0.1) is 0 Å². The average molecular weight is 166 g/mol. The fourth-order valence-electron chi connectivity index (χ4n) is 1.74. The molecule has 0 aromatic heterocycles. The van der Waals surface area contributed by atoms with Crippen LogP contribution in [0.3, 0.4) is 0 Å². The van der Waals surface area contributed by atoms with Crippen LogP contribution in [0.2, 0.25) is 0 Å². The third-order valence-electron chi connectivity index (χ3n) is 2.05. The first-order valence-corrected chi connectivity index (χ1v) is 4.41. The summed E-state index contributed by atoms with van der Waals surface area (Å²) >= 11 is 0. The van der Waals surface area contributed by atoms with E-state index in [9.17, 15) is 0 Å². The van der Waals surface area contributed by atoms with E-state index in [1.807, 2.05) is 0 Å². The molecule has 0 spiro atoms. The highest BCUT2D eigenvalue weighted by atomic mass is 15.2. The fourth-order valence-corrected chi connectivity index (χ4v) is 1.74. The van der Waals surface area contributed by atoms with Gasteiger partial charge in [-0.1, -0.05) is 0 Å². The second-order valence-electron chi connectivity index (χ2n) is 4.24. The lowest BCUT2D eigenvalue weighted by Gasteiger charge is -2.39. The Morgan fingerprint density at radius 3 is 2.25 bits per heavy atom. The first kappa shape index (κ1) is 9.30. The van der Waals surface area contributed by atoms with E-state index in [2.05, 4.69) is 50.6 Å². The largest absolute Gasteiger partial charge is 0.329 e. The number of hydrogen-bond acceptors (Lipinski definition) is 2. The highest BCUT2D eigenvalue weighted by molar-refractivity contribution is 5.83. The number of aliphatic imine (C=N–C) groups is 1. The first-order chi connectivity index (χ1) is 5.43. The summed E-state index contributed by atoms with van der Waals surface area (Å²) in [7, 11) is 0. The van der Waals surface area contributed by atoms with Crippen molar-refractivity contribution in [2.45, 2.75) is 40.2 Å². The number of nitrogens with zero attached hydrogens (tertiary/aromatic N) is 2. The van der Waals surface area contributed by atoms with Gasteiger partial charge in [-0.2, -0.15) is 0 Å². The Morgan fingerprint density at radius 1 is 1.33 bits per heavy atom. The van der Waals surface area contributed by atoms with E-state index < -0.39 is 0 Å². The standard InChI is InChI=1S/C10H18N2/c1-8-6-7-11-9(2)12(8)10(3,4)5/h6H,7H2,1-5H3. The maximum Gasteiger partial charge on any atom is 0.101 e. The van der Waals surface area contributed by atoms with E-state index in [1.165, 1.54) is 5.70 Å². The first-order valence-electron chi connectivity index (χ1n) is 4.41. The van der Waals surface area contributed by atoms with Crippen molar-refractivity contribution in [1.29, 1.82) is 0 Å². The Balaban J connectivity index is 2.93. The van der Waals surface area contributed by atoms with Crippen molar-refractivity contribution in [2.24, 2.45) is 4.99 Å². The Morgan fingerprint density at radius 2 is 1.92 bits per heavy atom. The highest BCUT2D eigenvalue weighted by Gasteiger charge is 2.24. The molecular formula is C10H18N2. The molecule has 0 atom stereocenters. The molecule has 1 aliphatic heterocycles. The quantitative estimate of drug-likeness (QED) is 0.539. The van der Waals surface area contributed by atoms with Gasteiger partial charge in [0.2, 0.25) is 0 Å². The smallest absolute Gasteiger partial charge is 0.101 e. The highest BCUT2D eigenvalue weighted by Crippen LogP contribution is 2.22. The van der Waals surface area contributed by atoms with Gasteiger partial charge in [0.05, 0.1) is 6.54 Å². The molecule has 0 aliphatic carbocycles. The van der Waals surface area contributed by atoms with Gasteiger partial charge < -0.3 is 4.90 Å². The summed E-state index contributed by atoms with van der Waals surface area (Å²) in [5.41, 5.74) is 1.46. The predicted molar refractivity (Wildman–Crippen MR) is 53.3 cm³/mol. The Hall–Kier alpha value is -0.790.